The molecule has 2 unspecified atom stereocenters. The number of hydrogen-bond donors (Lipinski definition) is 2. The quantitative estimate of drug-likeness (QED) is 0.613. The van der Waals surface area contributed by atoms with Crippen LogP contribution in [-0.2, 0) is 15.4 Å². The van der Waals surface area contributed by atoms with Gasteiger partial charge in [0.05, 0.1) is 11.4 Å². The summed E-state index contributed by atoms with van der Waals surface area (Å²) in [7, 11) is -3.25. The number of nitrogens with zero attached hydrogens (tertiary/aromatic N) is 1. The molecule has 1 saturated heterocycles. The lowest BCUT2D eigenvalue weighted by molar-refractivity contribution is -0.00722. The fourth-order valence-corrected chi connectivity index (χ4v) is 7.00. The van der Waals surface area contributed by atoms with Gasteiger partial charge in [-0.1, -0.05) is 38.3 Å². The van der Waals surface area contributed by atoms with Crippen molar-refractivity contribution < 1.29 is 13.5 Å². The number of piperidine rings is 1. The molecule has 0 radical (unpaired) electrons. The van der Waals surface area contributed by atoms with Gasteiger partial charge >= 0.3 is 0 Å². The Labute approximate surface area is 182 Å². The van der Waals surface area contributed by atoms with Crippen LogP contribution >= 0.6 is 0 Å². The molecule has 6 heteroatoms. The molecule has 2 N–H and O–H groups in total. The molecule has 2 atom stereocenters. The summed E-state index contributed by atoms with van der Waals surface area (Å²) in [4.78, 5) is 2.58. The van der Waals surface area contributed by atoms with E-state index in [4.69, 9.17) is 0 Å². The Morgan fingerprint density at radius 2 is 1.83 bits per heavy atom. The maximum Gasteiger partial charge on any atom is 0.232 e. The van der Waals surface area contributed by atoms with E-state index in [2.05, 4.69) is 28.7 Å². The van der Waals surface area contributed by atoms with Crippen LogP contribution in [0, 0.1) is 11.8 Å². The average Bonchev–Trinajstić information content (AvgIpc) is 3.11. The van der Waals surface area contributed by atoms with Gasteiger partial charge in [0.25, 0.3) is 0 Å². The largest absolute Gasteiger partial charge is 0.390 e. The van der Waals surface area contributed by atoms with Crippen molar-refractivity contribution in [2.24, 2.45) is 11.8 Å². The average molecular weight is 435 g/mol. The van der Waals surface area contributed by atoms with Crippen molar-refractivity contribution in [1.29, 1.82) is 0 Å². The predicted octanol–water partition coefficient (Wildman–Crippen LogP) is 4.13. The molecule has 2 saturated carbocycles. The predicted molar refractivity (Wildman–Crippen MR) is 122 cm³/mol. The van der Waals surface area contributed by atoms with Crippen LogP contribution in [0.15, 0.2) is 24.3 Å². The Kier molecular flexibility index (Phi) is 6.21. The van der Waals surface area contributed by atoms with Crippen molar-refractivity contribution >= 4 is 15.7 Å². The Hall–Kier alpha value is -1.11. The van der Waals surface area contributed by atoms with E-state index in [1.54, 1.807) is 6.92 Å². The lowest BCUT2D eigenvalue weighted by atomic mass is 9.81. The lowest BCUT2D eigenvalue weighted by Crippen LogP contribution is -2.34. The third kappa shape index (κ3) is 4.28. The summed E-state index contributed by atoms with van der Waals surface area (Å²) in [6, 6.07) is 8.06. The highest BCUT2D eigenvalue weighted by Crippen LogP contribution is 2.65. The van der Waals surface area contributed by atoms with Crippen LogP contribution in [0.4, 0.5) is 5.69 Å². The highest BCUT2D eigenvalue weighted by atomic mass is 32.2. The Balaban J connectivity index is 1.34. The van der Waals surface area contributed by atoms with Gasteiger partial charge in [-0.3, -0.25) is 4.72 Å². The van der Waals surface area contributed by atoms with Crippen LogP contribution in [-0.4, -0.2) is 49.4 Å². The van der Waals surface area contributed by atoms with E-state index < -0.39 is 15.6 Å². The Morgan fingerprint density at radius 1 is 1.13 bits per heavy atom. The molecule has 0 spiro atoms. The minimum atomic E-state index is -3.25. The van der Waals surface area contributed by atoms with E-state index in [-0.39, 0.29) is 11.2 Å². The molecule has 0 bridgehead atoms. The van der Waals surface area contributed by atoms with Crippen molar-refractivity contribution in [2.75, 3.05) is 30.1 Å². The minimum absolute atomic E-state index is 0.0888. The van der Waals surface area contributed by atoms with Crippen LogP contribution in [0.25, 0.3) is 0 Å². The molecule has 1 heterocycles. The van der Waals surface area contributed by atoms with Crippen LogP contribution in [0.5, 0.6) is 0 Å². The maximum atomic E-state index is 12.0. The summed E-state index contributed by atoms with van der Waals surface area (Å²) in [5.74, 6) is 1.42. The first-order chi connectivity index (χ1) is 14.3. The van der Waals surface area contributed by atoms with Crippen molar-refractivity contribution in [2.45, 2.75) is 76.2 Å². The zero-order chi connectivity index (χ0) is 21.4. The topological polar surface area (TPSA) is 69.6 Å². The molecule has 0 aromatic heterocycles. The number of anilines is 1. The number of sulfonamides is 1. The third-order valence-corrected chi connectivity index (χ3v) is 9.46. The van der Waals surface area contributed by atoms with Crippen molar-refractivity contribution in [3.05, 3.63) is 29.8 Å². The molecule has 30 heavy (non-hydrogen) atoms. The Bertz CT molecular complexity index is 836. The monoisotopic (exact) mass is 434 g/mol. The first kappa shape index (κ1) is 22.1. The van der Waals surface area contributed by atoms with E-state index in [9.17, 15) is 13.5 Å². The summed E-state index contributed by atoms with van der Waals surface area (Å²) >= 11 is 0. The van der Waals surface area contributed by atoms with Crippen LogP contribution in [0.1, 0.15) is 70.8 Å². The number of nitrogens with one attached hydrogen (secondary N) is 1. The van der Waals surface area contributed by atoms with Gasteiger partial charge in [0.2, 0.25) is 10.0 Å². The number of fused-ring (bicyclic) bond motifs is 1. The number of aliphatic hydroxyl groups is 1. The SMILES string of the molecule is CCC1(c2cccc(NS(=O)(=O)CC)c2)C2CN(CCCC3(O)CCCCC3)CC21. The first-order valence-corrected chi connectivity index (χ1v) is 13.5. The van der Waals surface area contributed by atoms with Crippen LogP contribution in [0.3, 0.4) is 0 Å². The van der Waals surface area contributed by atoms with Gasteiger partial charge in [-0.05, 0) is 75.1 Å². The highest BCUT2D eigenvalue weighted by molar-refractivity contribution is 7.92. The number of rotatable bonds is 9. The summed E-state index contributed by atoms with van der Waals surface area (Å²) < 4.78 is 26.6. The van der Waals surface area contributed by atoms with Crippen molar-refractivity contribution in [3.8, 4) is 0 Å². The van der Waals surface area contributed by atoms with Gasteiger partial charge in [0.15, 0.2) is 0 Å². The molecular formula is C24H38N2O3S. The maximum absolute atomic E-state index is 12.0. The second-order valence-electron chi connectivity index (χ2n) is 9.84. The van der Waals surface area contributed by atoms with Crippen molar-refractivity contribution in [1.82, 2.24) is 4.90 Å². The standard InChI is InChI=1S/C24H38N2O3S/c1-3-24(19-10-8-11-20(16-19)25-30(28,29)4-2)21-17-26(18-22(21)24)15-9-14-23(27)12-6-5-7-13-23/h8,10-11,16,21-22,25,27H,3-7,9,12-15,17-18H2,1-2H3. The molecule has 4 rings (SSSR count). The summed E-state index contributed by atoms with van der Waals surface area (Å²) in [6.45, 7) is 7.27. The fourth-order valence-electron chi connectivity index (χ4n) is 6.37. The lowest BCUT2D eigenvalue weighted by Gasteiger charge is -2.33. The van der Waals surface area contributed by atoms with E-state index in [1.807, 2.05) is 12.1 Å². The normalized spacial score (nSPS) is 30.8. The van der Waals surface area contributed by atoms with Gasteiger partial charge < -0.3 is 10.0 Å². The molecule has 1 aliphatic heterocycles. The Morgan fingerprint density at radius 3 is 2.47 bits per heavy atom. The number of likely N-dealkylation sites (tertiary alicyclic amines) is 1. The zero-order valence-corrected chi connectivity index (χ0v) is 19.4. The van der Waals surface area contributed by atoms with Gasteiger partial charge in [-0.2, -0.15) is 0 Å². The van der Waals surface area contributed by atoms with Crippen molar-refractivity contribution in [3.63, 3.8) is 0 Å². The van der Waals surface area contributed by atoms with Gasteiger partial charge in [0, 0.05) is 24.2 Å². The third-order valence-electron chi connectivity index (χ3n) is 8.15. The van der Waals surface area contributed by atoms with E-state index >= 15 is 0 Å². The highest BCUT2D eigenvalue weighted by Gasteiger charge is 2.67. The smallest absolute Gasteiger partial charge is 0.232 e. The molecule has 168 valence electrons. The minimum Gasteiger partial charge on any atom is -0.390 e. The van der Waals surface area contributed by atoms with Gasteiger partial charge in [-0.15, -0.1) is 0 Å². The molecule has 1 aromatic rings. The van der Waals surface area contributed by atoms with E-state index in [0.717, 1.165) is 51.7 Å². The number of hydrogen-bond acceptors (Lipinski definition) is 4. The molecule has 1 aromatic carbocycles. The fraction of sp³-hybridized carbons (Fsp3) is 0.750. The molecule has 3 fully saturated rings. The summed E-state index contributed by atoms with van der Waals surface area (Å²) in [5, 5.41) is 10.7. The number of benzene rings is 1. The summed E-state index contributed by atoms with van der Waals surface area (Å²) in [6.07, 6.45) is 8.72. The van der Waals surface area contributed by atoms with Gasteiger partial charge in [0.1, 0.15) is 0 Å². The molecular weight excluding hydrogens is 396 g/mol. The molecule has 5 nitrogen and oxygen atoms in total. The molecule has 2 aliphatic carbocycles. The second kappa shape index (κ2) is 8.44. The summed E-state index contributed by atoms with van der Waals surface area (Å²) in [5.41, 5.74) is 1.77. The zero-order valence-electron chi connectivity index (χ0n) is 18.6. The van der Waals surface area contributed by atoms with E-state index in [1.165, 1.54) is 24.8 Å². The van der Waals surface area contributed by atoms with Gasteiger partial charge in [-0.25, -0.2) is 8.42 Å². The van der Waals surface area contributed by atoms with Crippen LogP contribution in [0.2, 0.25) is 0 Å². The molecule has 0 amide bonds. The second-order valence-corrected chi connectivity index (χ2v) is 11.9. The first-order valence-electron chi connectivity index (χ1n) is 11.9. The molecule has 3 aliphatic rings. The van der Waals surface area contributed by atoms with Crippen LogP contribution < -0.4 is 4.72 Å². The van der Waals surface area contributed by atoms with E-state index in [0.29, 0.717) is 17.5 Å².